The van der Waals surface area contributed by atoms with Crippen LogP contribution < -0.4 is 5.32 Å². The normalized spacial score (nSPS) is 18.2. The van der Waals surface area contributed by atoms with E-state index in [9.17, 15) is 4.79 Å². The third-order valence-corrected chi connectivity index (χ3v) is 3.96. The van der Waals surface area contributed by atoms with Gasteiger partial charge in [0.15, 0.2) is 0 Å². The molecule has 1 aliphatic heterocycles. The minimum absolute atomic E-state index is 0.188. The molecule has 1 saturated heterocycles. The monoisotopic (exact) mass is 290 g/mol. The Bertz CT molecular complexity index is 467. The van der Waals surface area contributed by atoms with Crippen LogP contribution in [-0.2, 0) is 9.53 Å². The SMILES string of the molecule is COCCNCC(=O)N1CCC[C@@H]1c1cc(C)cc(C)c1. The number of hydrogen-bond acceptors (Lipinski definition) is 3. The maximum Gasteiger partial charge on any atom is 0.237 e. The summed E-state index contributed by atoms with van der Waals surface area (Å²) in [6.45, 7) is 6.83. The summed E-state index contributed by atoms with van der Waals surface area (Å²) < 4.78 is 4.98. The molecule has 1 heterocycles. The molecule has 0 radical (unpaired) electrons. The summed E-state index contributed by atoms with van der Waals surface area (Å²) in [5.41, 5.74) is 3.81. The molecule has 1 amide bonds. The predicted molar refractivity (Wildman–Crippen MR) is 84.3 cm³/mol. The van der Waals surface area contributed by atoms with Gasteiger partial charge in [-0.25, -0.2) is 0 Å². The van der Waals surface area contributed by atoms with Gasteiger partial charge in [0.2, 0.25) is 5.91 Å². The van der Waals surface area contributed by atoms with Crippen molar-refractivity contribution >= 4 is 5.91 Å². The van der Waals surface area contributed by atoms with Crippen LogP contribution in [0.1, 0.15) is 35.6 Å². The van der Waals surface area contributed by atoms with Crippen LogP contribution in [0.4, 0.5) is 0 Å². The summed E-state index contributed by atoms with van der Waals surface area (Å²) in [4.78, 5) is 14.4. The molecule has 0 unspecified atom stereocenters. The fourth-order valence-corrected chi connectivity index (χ4v) is 3.09. The molecule has 1 fully saturated rings. The first-order valence-corrected chi connectivity index (χ1v) is 7.69. The fraction of sp³-hybridized carbons (Fsp3) is 0.588. The maximum atomic E-state index is 12.4. The molecule has 0 bridgehead atoms. The van der Waals surface area contributed by atoms with Gasteiger partial charge in [0, 0.05) is 20.2 Å². The number of carbonyl (C=O) groups excluding carboxylic acids is 1. The quantitative estimate of drug-likeness (QED) is 0.817. The van der Waals surface area contributed by atoms with E-state index >= 15 is 0 Å². The molecule has 1 aromatic carbocycles. The van der Waals surface area contributed by atoms with E-state index in [2.05, 4.69) is 37.4 Å². The first-order valence-electron chi connectivity index (χ1n) is 7.69. The van der Waals surface area contributed by atoms with Crippen LogP contribution in [0.5, 0.6) is 0 Å². The Morgan fingerprint density at radius 1 is 1.33 bits per heavy atom. The Hall–Kier alpha value is -1.39. The summed E-state index contributed by atoms with van der Waals surface area (Å²) in [5, 5.41) is 3.14. The number of amides is 1. The number of aryl methyl sites for hydroxylation is 2. The van der Waals surface area contributed by atoms with Crippen molar-refractivity contribution in [2.45, 2.75) is 32.7 Å². The van der Waals surface area contributed by atoms with E-state index in [0.29, 0.717) is 19.7 Å². The van der Waals surface area contributed by atoms with Crippen molar-refractivity contribution in [2.24, 2.45) is 0 Å². The summed E-state index contributed by atoms with van der Waals surface area (Å²) >= 11 is 0. The first kappa shape index (κ1) is 16.0. The highest BCUT2D eigenvalue weighted by Crippen LogP contribution is 2.32. The highest BCUT2D eigenvalue weighted by atomic mass is 16.5. The average molecular weight is 290 g/mol. The van der Waals surface area contributed by atoms with Gasteiger partial charge < -0.3 is 15.0 Å². The number of likely N-dealkylation sites (tertiary alicyclic amines) is 1. The Labute approximate surface area is 127 Å². The van der Waals surface area contributed by atoms with E-state index in [-0.39, 0.29) is 11.9 Å². The molecule has 4 heteroatoms. The number of nitrogens with zero attached hydrogens (tertiary/aromatic N) is 1. The zero-order valence-electron chi connectivity index (χ0n) is 13.3. The van der Waals surface area contributed by atoms with Crippen molar-refractivity contribution in [1.82, 2.24) is 10.2 Å². The molecule has 0 spiro atoms. The molecule has 1 N–H and O–H groups in total. The molecule has 1 aromatic rings. The van der Waals surface area contributed by atoms with Crippen molar-refractivity contribution in [3.05, 3.63) is 34.9 Å². The van der Waals surface area contributed by atoms with Gasteiger partial charge in [-0.1, -0.05) is 29.3 Å². The van der Waals surface area contributed by atoms with E-state index < -0.39 is 0 Å². The van der Waals surface area contributed by atoms with Crippen LogP contribution in [0.3, 0.4) is 0 Å². The van der Waals surface area contributed by atoms with Gasteiger partial charge in [-0.2, -0.15) is 0 Å². The second-order valence-corrected chi connectivity index (χ2v) is 5.84. The first-order chi connectivity index (χ1) is 10.1. The lowest BCUT2D eigenvalue weighted by atomic mass is 9.99. The van der Waals surface area contributed by atoms with Gasteiger partial charge in [-0.15, -0.1) is 0 Å². The zero-order chi connectivity index (χ0) is 15.2. The van der Waals surface area contributed by atoms with Crippen LogP contribution >= 0.6 is 0 Å². The number of nitrogens with one attached hydrogen (secondary N) is 1. The number of ether oxygens (including phenoxy) is 1. The molecule has 116 valence electrons. The van der Waals surface area contributed by atoms with Gasteiger partial charge in [-0.3, -0.25) is 4.79 Å². The van der Waals surface area contributed by atoms with Gasteiger partial charge in [0.05, 0.1) is 19.2 Å². The van der Waals surface area contributed by atoms with Crippen molar-refractivity contribution < 1.29 is 9.53 Å². The molecule has 4 nitrogen and oxygen atoms in total. The number of carbonyl (C=O) groups is 1. The van der Waals surface area contributed by atoms with Crippen molar-refractivity contribution in [2.75, 3.05) is 33.4 Å². The van der Waals surface area contributed by atoms with Crippen LogP contribution in [0.2, 0.25) is 0 Å². The maximum absolute atomic E-state index is 12.4. The molecule has 0 aliphatic carbocycles. The molecule has 1 aliphatic rings. The Morgan fingerprint density at radius 2 is 2.05 bits per heavy atom. The van der Waals surface area contributed by atoms with Crippen LogP contribution in [-0.4, -0.2) is 44.2 Å². The van der Waals surface area contributed by atoms with Gasteiger partial charge >= 0.3 is 0 Å². The third kappa shape index (κ3) is 4.29. The van der Waals surface area contributed by atoms with Crippen LogP contribution in [0, 0.1) is 13.8 Å². The summed E-state index contributed by atoms with van der Waals surface area (Å²) in [5.74, 6) is 0.188. The molecule has 2 rings (SSSR count). The fourth-order valence-electron chi connectivity index (χ4n) is 3.09. The topological polar surface area (TPSA) is 41.6 Å². The van der Waals surface area contributed by atoms with E-state index in [1.54, 1.807) is 7.11 Å². The molecule has 21 heavy (non-hydrogen) atoms. The summed E-state index contributed by atoms with van der Waals surface area (Å²) in [7, 11) is 1.67. The zero-order valence-corrected chi connectivity index (χ0v) is 13.3. The van der Waals surface area contributed by atoms with E-state index in [1.165, 1.54) is 16.7 Å². The predicted octanol–water partition coefficient (Wildman–Crippen LogP) is 2.20. The minimum Gasteiger partial charge on any atom is -0.383 e. The minimum atomic E-state index is 0.188. The number of hydrogen-bond donors (Lipinski definition) is 1. The molecule has 0 aromatic heterocycles. The second kappa shape index (κ2) is 7.57. The highest BCUT2D eigenvalue weighted by molar-refractivity contribution is 5.79. The number of rotatable bonds is 6. The Morgan fingerprint density at radius 3 is 2.71 bits per heavy atom. The van der Waals surface area contributed by atoms with E-state index in [4.69, 9.17) is 4.74 Å². The lowest BCUT2D eigenvalue weighted by molar-refractivity contribution is -0.131. The summed E-state index contributed by atoms with van der Waals surface area (Å²) in [6, 6.07) is 6.83. The third-order valence-electron chi connectivity index (χ3n) is 3.96. The van der Waals surface area contributed by atoms with Crippen LogP contribution in [0.25, 0.3) is 0 Å². The molecular formula is C17H26N2O2. The van der Waals surface area contributed by atoms with E-state index in [0.717, 1.165) is 19.4 Å². The van der Waals surface area contributed by atoms with Crippen molar-refractivity contribution in [3.8, 4) is 0 Å². The van der Waals surface area contributed by atoms with E-state index in [1.807, 2.05) is 4.90 Å². The van der Waals surface area contributed by atoms with Crippen LogP contribution in [0.15, 0.2) is 18.2 Å². The van der Waals surface area contributed by atoms with Gasteiger partial charge in [0.1, 0.15) is 0 Å². The smallest absolute Gasteiger partial charge is 0.237 e. The highest BCUT2D eigenvalue weighted by Gasteiger charge is 2.29. The van der Waals surface area contributed by atoms with Crippen molar-refractivity contribution in [3.63, 3.8) is 0 Å². The lowest BCUT2D eigenvalue weighted by Crippen LogP contribution is -2.38. The molecular weight excluding hydrogens is 264 g/mol. The second-order valence-electron chi connectivity index (χ2n) is 5.84. The molecule has 0 saturated carbocycles. The summed E-state index contributed by atoms with van der Waals surface area (Å²) in [6.07, 6.45) is 2.15. The molecule has 1 atom stereocenters. The number of benzene rings is 1. The van der Waals surface area contributed by atoms with Gasteiger partial charge in [-0.05, 0) is 32.3 Å². The lowest BCUT2D eigenvalue weighted by Gasteiger charge is -2.26. The average Bonchev–Trinajstić information content (AvgIpc) is 2.92. The van der Waals surface area contributed by atoms with Crippen molar-refractivity contribution in [1.29, 1.82) is 0 Å². The standard InChI is InChI=1S/C17H26N2O2/c1-13-9-14(2)11-15(10-13)16-5-4-7-19(16)17(20)12-18-6-8-21-3/h9-11,16,18H,4-8,12H2,1-3H3/t16-/m1/s1. The largest absolute Gasteiger partial charge is 0.383 e. The number of methoxy groups -OCH3 is 1. The Kier molecular flexibility index (Phi) is 5.76. The Balaban J connectivity index is 2.00. The van der Waals surface area contributed by atoms with Gasteiger partial charge in [0.25, 0.3) is 0 Å².